The molecule has 1 N–H and O–H groups in total. The molecule has 1 aliphatic heterocycles. The lowest BCUT2D eigenvalue weighted by Gasteiger charge is -2.15. The van der Waals surface area contributed by atoms with Crippen LogP contribution in [0.4, 0.5) is 5.69 Å². The summed E-state index contributed by atoms with van der Waals surface area (Å²) >= 11 is 1.58. The Hall–Kier alpha value is -2.99. The summed E-state index contributed by atoms with van der Waals surface area (Å²) in [6.45, 7) is 1.43. The minimum atomic E-state index is -0.152. The Morgan fingerprint density at radius 3 is 2.52 bits per heavy atom. The number of thiazole rings is 1. The molecule has 6 heteroatoms. The first-order valence-corrected chi connectivity index (χ1v) is 9.75. The van der Waals surface area contributed by atoms with Gasteiger partial charge in [0.15, 0.2) is 0 Å². The van der Waals surface area contributed by atoms with E-state index in [9.17, 15) is 9.59 Å². The Kier molecular flexibility index (Phi) is 4.98. The van der Waals surface area contributed by atoms with Gasteiger partial charge < -0.3 is 10.2 Å². The van der Waals surface area contributed by atoms with E-state index in [2.05, 4.69) is 10.3 Å². The Balaban J connectivity index is 1.38. The molecule has 1 saturated heterocycles. The third kappa shape index (κ3) is 4.06. The standard InChI is InChI=1S/C21H19N3O2S/c25-19-2-1-12-24(19)14-15-3-5-16(6-4-15)20(26)23-18-9-7-17(8-10-18)21-22-11-13-27-21/h3-11,13H,1-2,12,14H2,(H,23,26). The van der Waals surface area contributed by atoms with Gasteiger partial charge in [-0.05, 0) is 48.4 Å². The largest absolute Gasteiger partial charge is 0.338 e. The topological polar surface area (TPSA) is 62.3 Å². The predicted octanol–water partition coefficient (Wildman–Crippen LogP) is 4.18. The SMILES string of the molecule is O=C(Nc1ccc(-c2nccs2)cc1)c1ccc(CN2CCCC2=O)cc1. The van der Waals surface area contributed by atoms with E-state index in [1.54, 1.807) is 29.7 Å². The predicted molar refractivity (Wildman–Crippen MR) is 107 cm³/mol. The number of carbonyl (C=O) groups is 2. The summed E-state index contributed by atoms with van der Waals surface area (Å²) in [7, 11) is 0. The van der Waals surface area contributed by atoms with Crippen LogP contribution in [0.3, 0.4) is 0 Å². The van der Waals surface area contributed by atoms with Gasteiger partial charge in [-0.15, -0.1) is 11.3 Å². The Morgan fingerprint density at radius 2 is 1.89 bits per heavy atom. The molecule has 0 aliphatic carbocycles. The lowest BCUT2D eigenvalue weighted by Crippen LogP contribution is -2.23. The molecule has 1 fully saturated rings. The van der Waals surface area contributed by atoms with Crippen molar-refractivity contribution < 1.29 is 9.59 Å². The Morgan fingerprint density at radius 1 is 1.11 bits per heavy atom. The minimum absolute atomic E-state index is 0.152. The Bertz CT molecular complexity index is 935. The Labute approximate surface area is 161 Å². The molecule has 0 spiro atoms. The lowest BCUT2D eigenvalue weighted by molar-refractivity contribution is -0.128. The third-order valence-corrected chi connectivity index (χ3v) is 5.41. The number of hydrogen-bond acceptors (Lipinski definition) is 4. The second-order valence-corrected chi connectivity index (χ2v) is 7.38. The first kappa shape index (κ1) is 17.4. The van der Waals surface area contributed by atoms with Crippen LogP contribution >= 0.6 is 11.3 Å². The molecule has 2 amide bonds. The molecule has 0 saturated carbocycles. The molecule has 2 aromatic carbocycles. The van der Waals surface area contributed by atoms with Gasteiger partial charge in [0.05, 0.1) is 0 Å². The van der Waals surface area contributed by atoms with Crippen LogP contribution < -0.4 is 5.32 Å². The minimum Gasteiger partial charge on any atom is -0.338 e. The molecule has 1 aromatic heterocycles. The second kappa shape index (κ2) is 7.72. The highest BCUT2D eigenvalue weighted by Crippen LogP contribution is 2.23. The number of nitrogens with one attached hydrogen (secondary N) is 1. The number of nitrogens with zero attached hydrogens (tertiary/aromatic N) is 2. The van der Waals surface area contributed by atoms with E-state index in [0.717, 1.165) is 34.8 Å². The van der Waals surface area contributed by atoms with Crippen molar-refractivity contribution in [1.82, 2.24) is 9.88 Å². The average Bonchev–Trinajstić information content (AvgIpc) is 3.36. The summed E-state index contributed by atoms with van der Waals surface area (Å²) in [5.41, 5.74) is 3.40. The van der Waals surface area contributed by atoms with Crippen molar-refractivity contribution in [1.29, 1.82) is 0 Å². The second-order valence-electron chi connectivity index (χ2n) is 6.48. The maximum atomic E-state index is 12.4. The molecule has 5 nitrogen and oxygen atoms in total. The number of aromatic nitrogens is 1. The van der Waals surface area contributed by atoms with E-state index < -0.39 is 0 Å². The molecular weight excluding hydrogens is 358 g/mol. The summed E-state index contributed by atoms with van der Waals surface area (Å²) in [5, 5.41) is 5.81. The smallest absolute Gasteiger partial charge is 0.255 e. The molecule has 0 radical (unpaired) electrons. The van der Waals surface area contributed by atoms with Crippen molar-refractivity contribution in [2.24, 2.45) is 0 Å². The summed E-state index contributed by atoms with van der Waals surface area (Å²) in [6.07, 6.45) is 3.35. The van der Waals surface area contributed by atoms with Crippen LogP contribution in [-0.2, 0) is 11.3 Å². The molecule has 0 bridgehead atoms. The van der Waals surface area contributed by atoms with E-state index in [1.807, 2.05) is 46.7 Å². The van der Waals surface area contributed by atoms with Gasteiger partial charge >= 0.3 is 0 Å². The number of hydrogen-bond donors (Lipinski definition) is 1. The van der Waals surface area contributed by atoms with E-state index in [4.69, 9.17) is 0 Å². The molecule has 4 rings (SSSR count). The number of carbonyl (C=O) groups excluding carboxylic acids is 2. The van der Waals surface area contributed by atoms with Gasteiger partial charge in [0.2, 0.25) is 5.91 Å². The summed E-state index contributed by atoms with van der Waals surface area (Å²) < 4.78 is 0. The van der Waals surface area contributed by atoms with Crippen molar-refractivity contribution in [3.8, 4) is 10.6 Å². The highest BCUT2D eigenvalue weighted by atomic mass is 32.1. The molecule has 27 heavy (non-hydrogen) atoms. The molecule has 2 heterocycles. The van der Waals surface area contributed by atoms with Crippen LogP contribution in [0.2, 0.25) is 0 Å². The maximum Gasteiger partial charge on any atom is 0.255 e. The molecular formula is C21H19N3O2S. The van der Waals surface area contributed by atoms with Crippen molar-refractivity contribution in [2.75, 3.05) is 11.9 Å². The lowest BCUT2D eigenvalue weighted by atomic mass is 10.1. The number of likely N-dealkylation sites (tertiary alicyclic amines) is 1. The van der Waals surface area contributed by atoms with E-state index in [-0.39, 0.29) is 11.8 Å². The fourth-order valence-corrected chi connectivity index (χ4v) is 3.76. The fourth-order valence-electron chi connectivity index (χ4n) is 3.12. The van der Waals surface area contributed by atoms with Gasteiger partial charge in [0, 0.05) is 47.9 Å². The molecule has 136 valence electrons. The molecule has 0 unspecified atom stereocenters. The van der Waals surface area contributed by atoms with Crippen molar-refractivity contribution in [3.05, 3.63) is 71.2 Å². The fraction of sp³-hybridized carbons (Fsp3) is 0.190. The molecule has 0 atom stereocenters. The number of anilines is 1. The van der Waals surface area contributed by atoms with Gasteiger partial charge in [-0.3, -0.25) is 9.59 Å². The van der Waals surface area contributed by atoms with Crippen molar-refractivity contribution in [3.63, 3.8) is 0 Å². The molecule has 1 aliphatic rings. The average molecular weight is 377 g/mol. The number of amides is 2. The van der Waals surface area contributed by atoms with Gasteiger partial charge in [0.1, 0.15) is 5.01 Å². The van der Waals surface area contributed by atoms with Crippen LogP contribution in [0.15, 0.2) is 60.1 Å². The summed E-state index contributed by atoms with van der Waals surface area (Å²) in [5.74, 6) is 0.0545. The highest BCUT2D eigenvalue weighted by molar-refractivity contribution is 7.13. The van der Waals surface area contributed by atoms with Crippen LogP contribution in [0, 0.1) is 0 Å². The van der Waals surface area contributed by atoms with Crippen LogP contribution in [0.1, 0.15) is 28.8 Å². The van der Waals surface area contributed by atoms with E-state index in [0.29, 0.717) is 18.5 Å². The normalized spacial score (nSPS) is 13.8. The quantitative estimate of drug-likeness (QED) is 0.725. The summed E-state index contributed by atoms with van der Waals surface area (Å²) in [6, 6.07) is 15.1. The van der Waals surface area contributed by atoms with Gasteiger partial charge in [0.25, 0.3) is 5.91 Å². The first-order valence-electron chi connectivity index (χ1n) is 8.87. The third-order valence-electron chi connectivity index (χ3n) is 4.58. The zero-order chi connectivity index (χ0) is 18.6. The van der Waals surface area contributed by atoms with Gasteiger partial charge in [-0.1, -0.05) is 12.1 Å². The first-order chi connectivity index (χ1) is 13.2. The highest BCUT2D eigenvalue weighted by Gasteiger charge is 2.20. The van der Waals surface area contributed by atoms with Crippen molar-refractivity contribution >= 4 is 28.8 Å². The zero-order valence-corrected chi connectivity index (χ0v) is 15.5. The number of rotatable bonds is 5. The number of benzene rings is 2. The molecule has 3 aromatic rings. The van der Waals surface area contributed by atoms with Gasteiger partial charge in [-0.2, -0.15) is 0 Å². The van der Waals surface area contributed by atoms with E-state index >= 15 is 0 Å². The van der Waals surface area contributed by atoms with Crippen molar-refractivity contribution in [2.45, 2.75) is 19.4 Å². The van der Waals surface area contributed by atoms with Gasteiger partial charge in [-0.25, -0.2) is 4.98 Å². The van der Waals surface area contributed by atoms with E-state index in [1.165, 1.54) is 0 Å². The zero-order valence-electron chi connectivity index (χ0n) is 14.7. The van der Waals surface area contributed by atoms with Crippen LogP contribution in [0.25, 0.3) is 10.6 Å². The summed E-state index contributed by atoms with van der Waals surface area (Å²) in [4.78, 5) is 30.3. The maximum absolute atomic E-state index is 12.4. The van der Waals surface area contributed by atoms with Crippen LogP contribution in [-0.4, -0.2) is 28.2 Å². The monoisotopic (exact) mass is 377 g/mol. The van der Waals surface area contributed by atoms with Crippen LogP contribution in [0.5, 0.6) is 0 Å².